The average molecular weight is 399 g/mol. The fraction of sp³-hybridized carbons (Fsp3) is 0.286. The number of carbonyl (C=O) groups is 3. The van der Waals surface area contributed by atoms with Crippen molar-refractivity contribution in [2.45, 2.75) is 31.8 Å². The van der Waals surface area contributed by atoms with Crippen LogP contribution < -0.4 is 10.2 Å². The molecule has 0 unspecified atom stereocenters. The standard InChI is InChI=1S/C21H19F2N3O3/c1-12-9-13-5-3-4-6-17(13)26(12)18(27)11-25-19(28)21(2,24-20(25)29)15-10-14(22)7-8-16(15)23/h3-8,10,12H,9,11H2,1-2H3,(H,24,29)/t12-,21-/m1/s1. The van der Waals surface area contributed by atoms with Crippen LogP contribution in [-0.4, -0.2) is 35.3 Å². The monoisotopic (exact) mass is 399 g/mol. The lowest BCUT2D eigenvalue weighted by Gasteiger charge is -2.26. The van der Waals surface area contributed by atoms with Crippen molar-refractivity contribution in [3.63, 3.8) is 0 Å². The SMILES string of the molecule is C[C@@H]1Cc2ccccc2N1C(=O)CN1C(=O)N[C@](C)(c2cc(F)ccc2F)C1=O. The summed E-state index contributed by atoms with van der Waals surface area (Å²) in [6.45, 7) is 2.69. The molecule has 2 heterocycles. The summed E-state index contributed by atoms with van der Waals surface area (Å²) in [5.74, 6) is -2.78. The molecule has 150 valence electrons. The summed E-state index contributed by atoms with van der Waals surface area (Å²) in [6, 6.07) is 9.19. The Hall–Kier alpha value is -3.29. The molecule has 4 amide bonds. The molecular formula is C21H19F2N3O3. The van der Waals surface area contributed by atoms with Gasteiger partial charge in [0.25, 0.3) is 5.91 Å². The van der Waals surface area contributed by atoms with Gasteiger partial charge in [0.2, 0.25) is 5.91 Å². The van der Waals surface area contributed by atoms with Gasteiger partial charge < -0.3 is 10.2 Å². The van der Waals surface area contributed by atoms with E-state index in [-0.39, 0.29) is 11.6 Å². The first-order chi connectivity index (χ1) is 13.7. The van der Waals surface area contributed by atoms with Gasteiger partial charge in [0.15, 0.2) is 0 Å². The average Bonchev–Trinajstić information content (AvgIpc) is 3.12. The first kappa shape index (κ1) is 19.0. The van der Waals surface area contributed by atoms with Crippen molar-refractivity contribution in [3.05, 3.63) is 65.2 Å². The van der Waals surface area contributed by atoms with Gasteiger partial charge in [-0.2, -0.15) is 0 Å². The maximum atomic E-state index is 14.3. The lowest BCUT2D eigenvalue weighted by molar-refractivity contribution is -0.134. The summed E-state index contributed by atoms with van der Waals surface area (Å²) in [6.07, 6.45) is 0.675. The zero-order chi connectivity index (χ0) is 20.9. The zero-order valence-corrected chi connectivity index (χ0v) is 15.9. The molecule has 1 saturated heterocycles. The van der Waals surface area contributed by atoms with Crippen LogP contribution >= 0.6 is 0 Å². The predicted molar refractivity (Wildman–Crippen MR) is 101 cm³/mol. The van der Waals surface area contributed by atoms with E-state index in [2.05, 4.69) is 5.32 Å². The van der Waals surface area contributed by atoms with Crippen LogP contribution in [-0.2, 0) is 21.5 Å². The molecule has 1 N–H and O–H groups in total. The number of hydrogen-bond donors (Lipinski definition) is 1. The van der Waals surface area contributed by atoms with E-state index in [0.29, 0.717) is 6.42 Å². The predicted octanol–water partition coefficient (Wildman–Crippen LogP) is 2.71. The Morgan fingerprint density at radius 1 is 1.21 bits per heavy atom. The number of anilines is 1. The van der Waals surface area contributed by atoms with Crippen LogP contribution in [0.3, 0.4) is 0 Å². The van der Waals surface area contributed by atoms with E-state index in [0.717, 1.165) is 34.3 Å². The Kier molecular flexibility index (Phi) is 4.37. The van der Waals surface area contributed by atoms with Gasteiger partial charge in [0, 0.05) is 17.3 Å². The fourth-order valence-electron chi connectivity index (χ4n) is 4.06. The number of amides is 4. The van der Waals surface area contributed by atoms with E-state index in [1.807, 2.05) is 31.2 Å². The summed E-state index contributed by atoms with van der Waals surface area (Å²) in [5, 5.41) is 2.40. The molecule has 0 radical (unpaired) electrons. The highest BCUT2D eigenvalue weighted by molar-refractivity contribution is 6.11. The minimum absolute atomic E-state index is 0.118. The Balaban J connectivity index is 1.60. The number of hydrogen-bond acceptors (Lipinski definition) is 3. The van der Waals surface area contributed by atoms with E-state index in [1.165, 1.54) is 6.92 Å². The molecule has 8 heteroatoms. The van der Waals surface area contributed by atoms with E-state index in [4.69, 9.17) is 0 Å². The van der Waals surface area contributed by atoms with Crippen LogP contribution in [0.1, 0.15) is 25.0 Å². The molecule has 2 aliphatic heterocycles. The Morgan fingerprint density at radius 2 is 1.93 bits per heavy atom. The highest BCUT2D eigenvalue weighted by Crippen LogP contribution is 2.34. The van der Waals surface area contributed by atoms with Gasteiger partial charge in [-0.15, -0.1) is 0 Å². The molecule has 0 aliphatic carbocycles. The van der Waals surface area contributed by atoms with Gasteiger partial charge in [-0.3, -0.25) is 14.5 Å². The molecule has 0 aromatic heterocycles. The molecule has 2 atom stereocenters. The van der Waals surface area contributed by atoms with E-state index in [1.54, 1.807) is 4.90 Å². The van der Waals surface area contributed by atoms with Crippen LogP contribution in [0.4, 0.5) is 19.3 Å². The smallest absolute Gasteiger partial charge is 0.319 e. The Morgan fingerprint density at radius 3 is 2.69 bits per heavy atom. The van der Waals surface area contributed by atoms with Gasteiger partial charge >= 0.3 is 6.03 Å². The van der Waals surface area contributed by atoms with Crippen molar-refractivity contribution in [1.82, 2.24) is 10.2 Å². The van der Waals surface area contributed by atoms with Gasteiger partial charge in [0.1, 0.15) is 23.7 Å². The number of carbonyl (C=O) groups excluding carboxylic acids is 3. The largest absolute Gasteiger partial charge is 0.325 e. The normalized spacial score (nSPS) is 23.4. The fourth-order valence-corrected chi connectivity index (χ4v) is 4.06. The Labute approximate surface area is 166 Å². The lowest BCUT2D eigenvalue weighted by Crippen LogP contribution is -2.46. The molecule has 4 rings (SSSR count). The molecule has 0 bridgehead atoms. The molecular weight excluding hydrogens is 380 g/mol. The van der Waals surface area contributed by atoms with Crippen LogP contribution in [0.15, 0.2) is 42.5 Å². The molecule has 2 aromatic rings. The summed E-state index contributed by atoms with van der Waals surface area (Å²) in [5.41, 5.74) is -0.322. The van der Waals surface area contributed by atoms with Crippen LogP contribution in [0.25, 0.3) is 0 Å². The summed E-state index contributed by atoms with van der Waals surface area (Å²) in [7, 11) is 0. The number of nitrogens with zero attached hydrogens (tertiary/aromatic N) is 2. The number of benzene rings is 2. The van der Waals surface area contributed by atoms with E-state index >= 15 is 0 Å². The molecule has 0 spiro atoms. The number of nitrogens with one attached hydrogen (secondary N) is 1. The maximum absolute atomic E-state index is 14.3. The van der Waals surface area contributed by atoms with Crippen molar-refractivity contribution < 1.29 is 23.2 Å². The van der Waals surface area contributed by atoms with Crippen LogP contribution in [0.2, 0.25) is 0 Å². The highest BCUT2D eigenvalue weighted by Gasteiger charge is 2.51. The van der Waals surface area contributed by atoms with E-state index < -0.39 is 41.6 Å². The minimum Gasteiger partial charge on any atom is -0.319 e. The van der Waals surface area contributed by atoms with Crippen molar-refractivity contribution in [2.75, 3.05) is 11.4 Å². The summed E-state index contributed by atoms with van der Waals surface area (Å²) in [4.78, 5) is 40.7. The van der Waals surface area contributed by atoms with Crippen LogP contribution in [0, 0.1) is 11.6 Å². The van der Waals surface area contributed by atoms with Crippen LogP contribution in [0.5, 0.6) is 0 Å². The quantitative estimate of drug-likeness (QED) is 0.807. The van der Waals surface area contributed by atoms with Crippen molar-refractivity contribution >= 4 is 23.5 Å². The van der Waals surface area contributed by atoms with Crippen molar-refractivity contribution in [3.8, 4) is 0 Å². The second-order valence-electron chi connectivity index (χ2n) is 7.52. The topological polar surface area (TPSA) is 69.7 Å². The molecule has 2 aliphatic rings. The summed E-state index contributed by atoms with van der Waals surface area (Å²) >= 11 is 0. The number of para-hydroxylation sites is 1. The van der Waals surface area contributed by atoms with Crippen molar-refractivity contribution in [2.24, 2.45) is 0 Å². The van der Waals surface area contributed by atoms with E-state index in [9.17, 15) is 23.2 Å². The van der Waals surface area contributed by atoms with Gasteiger partial charge in [-0.1, -0.05) is 18.2 Å². The minimum atomic E-state index is -1.79. The third-order valence-corrected chi connectivity index (χ3v) is 5.51. The number of fused-ring (bicyclic) bond motifs is 1. The molecule has 1 fully saturated rings. The number of halogens is 2. The number of rotatable bonds is 3. The molecule has 2 aromatic carbocycles. The maximum Gasteiger partial charge on any atom is 0.325 e. The second kappa shape index (κ2) is 6.65. The number of imide groups is 1. The second-order valence-corrected chi connectivity index (χ2v) is 7.52. The molecule has 0 saturated carbocycles. The Bertz CT molecular complexity index is 1040. The third kappa shape index (κ3) is 2.95. The van der Waals surface area contributed by atoms with Gasteiger partial charge in [-0.25, -0.2) is 13.6 Å². The zero-order valence-electron chi connectivity index (χ0n) is 15.9. The number of urea groups is 1. The van der Waals surface area contributed by atoms with Crippen molar-refractivity contribution in [1.29, 1.82) is 0 Å². The first-order valence-electron chi connectivity index (χ1n) is 9.22. The van der Waals surface area contributed by atoms with Gasteiger partial charge in [0.05, 0.1) is 0 Å². The molecule has 6 nitrogen and oxygen atoms in total. The molecule has 29 heavy (non-hydrogen) atoms. The third-order valence-electron chi connectivity index (χ3n) is 5.51. The lowest BCUT2D eigenvalue weighted by atomic mass is 9.91. The summed E-state index contributed by atoms with van der Waals surface area (Å²) < 4.78 is 27.9. The van der Waals surface area contributed by atoms with Gasteiger partial charge in [-0.05, 0) is 50.1 Å². The first-order valence-corrected chi connectivity index (χ1v) is 9.22. The highest BCUT2D eigenvalue weighted by atomic mass is 19.1.